The lowest BCUT2D eigenvalue weighted by atomic mass is 10.2. The minimum absolute atomic E-state index is 0.184. The molecule has 0 atom stereocenters. The van der Waals surface area contributed by atoms with E-state index in [1.807, 2.05) is 0 Å². The van der Waals surface area contributed by atoms with Crippen LogP contribution in [0.5, 0.6) is 0 Å². The van der Waals surface area contributed by atoms with E-state index >= 15 is 0 Å². The summed E-state index contributed by atoms with van der Waals surface area (Å²) in [6, 6.07) is 10.9. The number of carbonyl (C=O) groups excluding carboxylic acids is 1. The predicted octanol–water partition coefficient (Wildman–Crippen LogP) is 2.60. The molecule has 132 valence electrons. The van der Waals surface area contributed by atoms with Gasteiger partial charge >= 0.3 is 5.97 Å². The number of ether oxygens (including phenoxy) is 1. The third-order valence-corrected chi connectivity index (χ3v) is 5.25. The maximum absolute atomic E-state index is 12.8. The second-order valence-corrected chi connectivity index (χ2v) is 6.91. The van der Waals surface area contributed by atoms with Crippen LogP contribution in [0.25, 0.3) is 0 Å². The number of hydrogen-bond donors (Lipinski definition) is 0. The SMILES string of the molecule is CCOC(=O)c1cccc(N(C)S(=O)(=O)c2ccccc2[N+](=O)[O-])c1. The molecule has 0 saturated heterocycles. The van der Waals surface area contributed by atoms with Crippen LogP contribution in [0, 0.1) is 10.1 Å². The lowest BCUT2D eigenvalue weighted by Crippen LogP contribution is -2.27. The minimum atomic E-state index is -4.18. The lowest BCUT2D eigenvalue weighted by Gasteiger charge is -2.20. The number of anilines is 1. The molecular weight excluding hydrogens is 348 g/mol. The number of carbonyl (C=O) groups is 1. The first kappa shape index (κ1) is 18.4. The highest BCUT2D eigenvalue weighted by Crippen LogP contribution is 2.29. The summed E-state index contributed by atoms with van der Waals surface area (Å²) < 4.78 is 31.3. The van der Waals surface area contributed by atoms with Gasteiger partial charge in [-0.25, -0.2) is 13.2 Å². The van der Waals surface area contributed by atoms with Crippen LogP contribution in [0.3, 0.4) is 0 Å². The van der Waals surface area contributed by atoms with Gasteiger partial charge in [0, 0.05) is 13.1 Å². The molecule has 25 heavy (non-hydrogen) atoms. The van der Waals surface area contributed by atoms with Gasteiger partial charge in [-0.3, -0.25) is 14.4 Å². The maximum Gasteiger partial charge on any atom is 0.338 e. The Morgan fingerprint density at radius 1 is 1.20 bits per heavy atom. The Hall–Kier alpha value is -2.94. The fraction of sp³-hybridized carbons (Fsp3) is 0.188. The molecule has 0 saturated carbocycles. The number of para-hydroxylation sites is 1. The number of nitro benzene ring substituents is 1. The molecule has 0 aliphatic heterocycles. The van der Waals surface area contributed by atoms with Crippen molar-refractivity contribution in [1.82, 2.24) is 0 Å². The Kier molecular flexibility index (Phi) is 5.38. The zero-order valence-electron chi connectivity index (χ0n) is 13.6. The predicted molar refractivity (Wildman–Crippen MR) is 91.1 cm³/mol. The van der Waals surface area contributed by atoms with E-state index < -0.39 is 31.5 Å². The highest BCUT2D eigenvalue weighted by molar-refractivity contribution is 7.93. The van der Waals surface area contributed by atoms with Gasteiger partial charge in [0.1, 0.15) is 0 Å². The van der Waals surface area contributed by atoms with Gasteiger partial charge in [0.25, 0.3) is 15.7 Å². The summed E-state index contributed by atoms with van der Waals surface area (Å²) in [7, 11) is -2.92. The molecule has 2 rings (SSSR count). The number of sulfonamides is 1. The smallest absolute Gasteiger partial charge is 0.338 e. The Labute approximate surface area is 144 Å². The van der Waals surface area contributed by atoms with Crippen molar-refractivity contribution in [3.8, 4) is 0 Å². The van der Waals surface area contributed by atoms with Crippen molar-refractivity contribution in [2.24, 2.45) is 0 Å². The molecule has 2 aromatic rings. The molecule has 9 heteroatoms. The van der Waals surface area contributed by atoms with Crippen LogP contribution in [-0.4, -0.2) is 33.0 Å². The highest BCUT2D eigenvalue weighted by Gasteiger charge is 2.29. The zero-order chi connectivity index (χ0) is 18.6. The molecular formula is C16H16N2O6S. The average Bonchev–Trinajstić information content (AvgIpc) is 2.61. The number of nitrogens with zero attached hydrogens (tertiary/aromatic N) is 2. The Morgan fingerprint density at radius 2 is 1.88 bits per heavy atom. The van der Waals surface area contributed by atoms with Crippen LogP contribution >= 0.6 is 0 Å². The van der Waals surface area contributed by atoms with Crippen LogP contribution in [0.4, 0.5) is 11.4 Å². The number of nitro groups is 1. The van der Waals surface area contributed by atoms with Crippen molar-refractivity contribution < 1.29 is 22.9 Å². The zero-order valence-corrected chi connectivity index (χ0v) is 14.4. The quantitative estimate of drug-likeness (QED) is 0.443. The molecule has 8 nitrogen and oxygen atoms in total. The van der Waals surface area contributed by atoms with Crippen molar-refractivity contribution in [3.63, 3.8) is 0 Å². The maximum atomic E-state index is 12.8. The first-order valence-electron chi connectivity index (χ1n) is 7.28. The van der Waals surface area contributed by atoms with Gasteiger partial charge in [-0.1, -0.05) is 18.2 Å². The van der Waals surface area contributed by atoms with Gasteiger partial charge in [0.15, 0.2) is 4.90 Å². The summed E-state index contributed by atoms with van der Waals surface area (Å²) in [5.74, 6) is -0.583. The number of rotatable bonds is 6. The van der Waals surface area contributed by atoms with Crippen molar-refractivity contribution in [2.45, 2.75) is 11.8 Å². The van der Waals surface area contributed by atoms with E-state index in [4.69, 9.17) is 4.74 Å². The van der Waals surface area contributed by atoms with Gasteiger partial charge in [-0.2, -0.15) is 0 Å². The Balaban J connectivity index is 2.47. The van der Waals surface area contributed by atoms with Gasteiger partial charge in [-0.05, 0) is 31.2 Å². The van der Waals surface area contributed by atoms with E-state index in [1.54, 1.807) is 6.92 Å². The van der Waals surface area contributed by atoms with E-state index in [1.165, 1.54) is 49.5 Å². The third kappa shape index (κ3) is 3.77. The second-order valence-electron chi connectivity index (χ2n) is 4.97. The standard InChI is InChI=1S/C16H16N2O6S/c1-3-24-16(19)12-7-6-8-13(11-12)17(2)25(22,23)15-10-5-4-9-14(15)18(20)21/h4-11H,3H2,1-2H3. The van der Waals surface area contributed by atoms with Crippen LogP contribution in [-0.2, 0) is 14.8 Å². The monoisotopic (exact) mass is 364 g/mol. The fourth-order valence-electron chi connectivity index (χ4n) is 2.16. The van der Waals surface area contributed by atoms with E-state index in [2.05, 4.69) is 0 Å². The number of esters is 1. The van der Waals surface area contributed by atoms with Crippen molar-refractivity contribution in [2.75, 3.05) is 18.0 Å². The number of hydrogen-bond acceptors (Lipinski definition) is 6. The van der Waals surface area contributed by atoms with Crippen LogP contribution < -0.4 is 4.31 Å². The van der Waals surface area contributed by atoms with Gasteiger partial charge in [0.2, 0.25) is 0 Å². The molecule has 0 unspecified atom stereocenters. The van der Waals surface area contributed by atoms with E-state index in [-0.39, 0.29) is 17.9 Å². The Morgan fingerprint density at radius 3 is 2.52 bits per heavy atom. The summed E-state index contributed by atoms with van der Waals surface area (Å²) in [6.07, 6.45) is 0. The Bertz CT molecular complexity index is 910. The van der Waals surface area contributed by atoms with Crippen LogP contribution in [0.2, 0.25) is 0 Å². The molecule has 0 spiro atoms. The molecule has 0 amide bonds. The molecule has 0 bridgehead atoms. The topological polar surface area (TPSA) is 107 Å². The van der Waals surface area contributed by atoms with Gasteiger partial charge < -0.3 is 4.74 Å². The molecule has 0 radical (unpaired) electrons. The average molecular weight is 364 g/mol. The summed E-state index contributed by atoms with van der Waals surface area (Å²) in [5, 5.41) is 11.1. The minimum Gasteiger partial charge on any atom is -0.462 e. The fourth-order valence-corrected chi connectivity index (χ4v) is 3.50. The second kappa shape index (κ2) is 7.31. The van der Waals surface area contributed by atoms with Crippen LogP contribution in [0.1, 0.15) is 17.3 Å². The summed E-state index contributed by atoms with van der Waals surface area (Å²) in [4.78, 5) is 21.7. The van der Waals surface area contributed by atoms with Crippen molar-refractivity contribution >= 4 is 27.4 Å². The molecule has 2 aromatic carbocycles. The first-order chi connectivity index (χ1) is 11.8. The molecule has 0 fully saturated rings. The summed E-state index contributed by atoms with van der Waals surface area (Å²) >= 11 is 0. The van der Waals surface area contributed by atoms with Gasteiger partial charge in [-0.15, -0.1) is 0 Å². The molecule has 0 N–H and O–H groups in total. The van der Waals surface area contributed by atoms with Gasteiger partial charge in [0.05, 0.1) is 22.8 Å². The molecule has 0 aromatic heterocycles. The summed E-state index contributed by atoms with van der Waals surface area (Å²) in [6.45, 7) is 1.85. The van der Waals surface area contributed by atoms with Crippen molar-refractivity contribution in [3.05, 3.63) is 64.2 Å². The third-order valence-electron chi connectivity index (χ3n) is 3.42. The summed E-state index contributed by atoms with van der Waals surface area (Å²) in [5.41, 5.74) is -0.149. The van der Waals surface area contributed by atoms with E-state index in [9.17, 15) is 23.3 Å². The lowest BCUT2D eigenvalue weighted by molar-refractivity contribution is -0.387. The highest BCUT2D eigenvalue weighted by atomic mass is 32.2. The van der Waals surface area contributed by atoms with Crippen LogP contribution in [0.15, 0.2) is 53.4 Å². The number of benzene rings is 2. The normalized spacial score (nSPS) is 11.0. The molecule has 0 aliphatic carbocycles. The van der Waals surface area contributed by atoms with E-state index in [0.717, 1.165) is 10.4 Å². The molecule has 0 aliphatic rings. The van der Waals surface area contributed by atoms with Crippen molar-refractivity contribution in [1.29, 1.82) is 0 Å². The molecule has 0 heterocycles. The largest absolute Gasteiger partial charge is 0.462 e. The van der Waals surface area contributed by atoms with E-state index in [0.29, 0.717) is 0 Å². The first-order valence-corrected chi connectivity index (χ1v) is 8.72.